The molecule has 0 amide bonds. The van der Waals surface area contributed by atoms with E-state index >= 15 is 0 Å². The molecule has 21 heavy (non-hydrogen) atoms. The normalized spacial score (nSPS) is 10.9. The van der Waals surface area contributed by atoms with Crippen LogP contribution in [0.15, 0.2) is 24.3 Å². The maximum Gasteiger partial charge on any atom is -0.0149 e. The zero-order valence-corrected chi connectivity index (χ0v) is 14.2. The molecule has 0 atom stereocenters. The number of hydrogen-bond acceptors (Lipinski definition) is 0. The fourth-order valence-corrected chi connectivity index (χ4v) is 2.92. The molecule has 0 heterocycles. The minimum Gasteiger partial charge on any atom is -0.0654 e. The fraction of sp³-hybridized carbons (Fsp3) is 0.714. The molecule has 0 fully saturated rings. The fourth-order valence-electron chi connectivity index (χ4n) is 2.92. The molecule has 0 N–H and O–H groups in total. The summed E-state index contributed by atoms with van der Waals surface area (Å²) in [5.41, 5.74) is 1.38. The number of hydrogen-bond donors (Lipinski definition) is 0. The molecule has 0 spiro atoms. The Morgan fingerprint density at radius 2 is 1.19 bits per heavy atom. The zero-order chi connectivity index (χ0) is 15.0. The SMILES string of the molecule is CCCCCCCCCCCCCCCc1[c]cccc1. The maximum absolute atomic E-state index is 3.31. The van der Waals surface area contributed by atoms with Gasteiger partial charge in [-0.05, 0) is 24.5 Å². The molecule has 0 bridgehead atoms. The molecule has 0 nitrogen and oxygen atoms in total. The second-order valence-corrected chi connectivity index (χ2v) is 6.38. The average Bonchev–Trinajstić information content (AvgIpc) is 2.53. The van der Waals surface area contributed by atoms with Gasteiger partial charge in [0.15, 0.2) is 0 Å². The van der Waals surface area contributed by atoms with E-state index in [1.807, 2.05) is 12.1 Å². The summed E-state index contributed by atoms with van der Waals surface area (Å²) in [6.45, 7) is 2.29. The average molecular weight is 288 g/mol. The van der Waals surface area contributed by atoms with Crippen LogP contribution in [0.2, 0.25) is 0 Å². The van der Waals surface area contributed by atoms with Crippen molar-refractivity contribution in [2.75, 3.05) is 0 Å². The zero-order valence-electron chi connectivity index (χ0n) is 14.2. The molecule has 0 unspecified atom stereocenters. The highest BCUT2D eigenvalue weighted by molar-refractivity contribution is 5.12. The topological polar surface area (TPSA) is 0 Å². The van der Waals surface area contributed by atoms with Gasteiger partial charge in [0, 0.05) is 0 Å². The van der Waals surface area contributed by atoms with Crippen molar-refractivity contribution >= 4 is 0 Å². The number of aryl methyl sites for hydroxylation is 1. The molecule has 0 saturated carbocycles. The first-order valence-corrected chi connectivity index (χ1v) is 9.39. The largest absolute Gasteiger partial charge is 0.0654 e. The quantitative estimate of drug-likeness (QED) is 0.319. The standard InChI is InChI=1S/C21H35/c1-2-3-4-5-6-7-8-9-10-11-12-13-15-18-21-19-16-14-17-20-21/h14,16-17,19H,2-13,15,18H2,1H3. The lowest BCUT2D eigenvalue weighted by molar-refractivity contribution is 0.539. The lowest BCUT2D eigenvalue weighted by atomic mass is 10.0. The smallest absolute Gasteiger partial charge is 0.0149 e. The van der Waals surface area contributed by atoms with Gasteiger partial charge >= 0.3 is 0 Å². The summed E-state index contributed by atoms with van der Waals surface area (Å²) in [7, 11) is 0. The third-order valence-electron chi connectivity index (χ3n) is 4.32. The third kappa shape index (κ3) is 11.5. The summed E-state index contributed by atoms with van der Waals surface area (Å²) in [6, 6.07) is 11.7. The molecule has 119 valence electrons. The van der Waals surface area contributed by atoms with Gasteiger partial charge in [-0.1, -0.05) is 108 Å². The lowest BCUT2D eigenvalue weighted by Crippen LogP contribution is -1.86. The van der Waals surface area contributed by atoms with E-state index in [1.165, 1.54) is 95.5 Å². The minimum atomic E-state index is 1.21. The lowest BCUT2D eigenvalue weighted by Gasteiger charge is -2.03. The van der Waals surface area contributed by atoms with Crippen molar-refractivity contribution in [2.24, 2.45) is 0 Å². The van der Waals surface area contributed by atoms with Gasteiger partial charge in [-0.2, -0.15) is 0 Å². The monoisotopic (exact) mass is 287 g/mol. The molecular weight excluding hydrogens is 252 g/mol. The molecule has 0 aliphatic heterocycles. The third-order valence-corrected chi connectivity index (χ3v) is 4.32. The van der Waals surface area contributed by atoms with Crippen molar-refractivity contribution in [3.63, 3.8) is 0 Å². The second kappa shape index (κ2) is 14.2. The number of unbranched alkanes of at least 4 members (excludes halogenated alkanes) is 12. The van der Waals surface area contributed by atoms with Crippen LogP contribution >= 0.6 is 0 Å². The van der Waals surface area contributed by atoms with Crippen molar-refractivity contribution < 1.29 is 0 Å². The molecule has 1 aromatic carbocycles. The molecule has 0 heteroatoms. The molecule has 0 aliphatic rings. The van der Waals surface area contributed by atoms with Crippen LogP contribution in [0.4, 0.5) is 0 Å². The van der Waals surface area contributed by atoms with Gasteiger partial charge in [0.2, 0.25) is 0 Å². The van der Waals surface area contributed by atoms with Crippen molar-refractivity contribution in [3.8, 4) is 0 Å². The summed E-state index contributed by atoms with van der Waals surface area (Å²) < 4.78 is 0. The van der Waals surface area contributed by atoms with Gasteiger partial charge < -0.3 is 0 Å². The number of benzene rings is 1. The van der Waals surface area contributed by atoms with Crippen LogP contribution in [-0.2, 0) is 6.42 Å². The van der Waals surface area contributed by atoms with Crippen LogP contribution in [-0.4, -0.2) is 0 Å². The highest BCUT2D eigenvalue weighted by Crippen LogP contribution is 2.13. The van der Waals surface area contributed by atoms with Crippen LogP contribution in [0.5, 0.6) is 0 Å². The highest BCUT2D eigenvalue weighted by atomic mass is 14.0. The highest BCUT2D eigenvalue weighted by Gasteiger charge is 1.95. The summed E-state index contributed by atoms with van der Waals surface area (Å²) in [6.07, 6.45) is 19.8. The summed E-state index contributed by atoms with van der Waals surface area (Å²) in [5, 5.41) is 0. The molecule has 0 saturated heterocycles. The van der Waals surface area contributed by atoms with Crippen molar-refractivity contribution in [2.45, 2.75) is 96.8 Å². The predicted octanol–water partition coefficient (Wildman–Crippen LogP) is 7.12. The van der Waals surface area contributed by atoms with Gasteiger partial charge in [0.05, 0.1) is 0 Å². The van der Waals surface area contributed by atoms with Crippen LogP contribution in [0, 0.1) is 6.07 Å². The summed E-state index contributed by atoms with van der Waals surface area (Å²) >= 11 is 0. The Hall–Kier alpha value is -0.780. The second-order valence-electron chi connectivity index (χ2n) is 6.38. The van der Waals surface area contributed by atoms with Crippen LogP contribution in [0.3, 0.4) is 0 Å². The van der Waals surface area contributed by atoms with E-state index in [0.717, 1.165) is 0 Å². The van der Waals surface area contributed by atoms with Gasteiger partial charge in [-0.3, -0.25) is 0 Å². The first kappa shape index (κ1) is 18.3. The first-order valence-electron chi connectivity index (χ1n) is 9.39. The molecule has 1 rings (SSSR count). The summed E-state index contributed by atoms with van der Waals surface area (Å²) in [4.78, 5) is 0. The predicted molar refractivity (Wildman–Crippen MR) is 94.7 cm³/mol. The van der Waals surface area contributed by atoms with Crippen LogP contribution in [0.1, 0.15) is 96.0 Å². The number of rotatable bonds is 14. The molecular formula is C21H35. The van der Waals surface area contributed by atoms with Gasteiger partial charge in [-0.25, -0.2) is 0 Å². The van der Waals surface area contributed by atoms with Crippen LogP contribution in [0.25, 0.3) is 0 Å². The van der Waals surface area contributed by atoms with Crippen molar-refractivity contribution in [1.82, 2.24) is 0 Å². The Kier molecular flexibility index (Phi) is 12.3. The van der Waals surface area contributed by atoms with Crippen LogP contribution < -0.4 is 0 Å². The van der Waals surface area contributed by atoms with Gasteiger partial charge in [0.1, 0.15) is 0 Å². The summed E-state index contributed by atoms with van der Waals surface area (Å²) in [5.74, 6) is 0. The van der Waals surface area contributed by atoms with E-state index in [0.29, 0.717) is 0 Å². The molecule has 0 aromatic heterocycles. The van der Waals surface area contributed by atoms with E-state index < -0.39 is 0 Å². The Morgan fingerprint density at radius 3 is 1.67 bits per heavy atom. The molecule has 1 radical (unpaired) electrons. The Bertz CT molecular complexity index is 301. The van der Waals surface area contributed by atoms with E-state index in [2.05, 4.69) is 25.1 Å². The van der Waals surface area contributed by atoms with E-state index in [9.17, 15) is 0 Å². The van der Waals surface area contributed by atoms with Gasteiger partial charge in [0.25, 0.3) is 0 Å². The maximum atomic E-state index is 3.31. The Labute approximate surface area is 133 Å². The molecule has 1 aromatic rings. The van der Waals surface area contributed by atoms with Gasteiger partial charge in [-0.15, -0.1) is 0 Å². The first-order chi connectivity index (χ1) is 10.4. The van der Waals surface area contributed by atoms with E-state index in [1.54, 1.807) is 0 Å². The molecule has 0 aliphatic carbocycles. The Balaban J connectivity index is 1.75. The van der Waals surface area contributed by atoms with Crippen molar-refractivity contribution in [3.05, 3.63) is 35.9 Å². The van der Waals surface area contributed by atoms with E-state index in [4.69, 9.17) is 0 Å². The Morgan fingerprint density at radius 1 is 0.667 bits per heavy atom. The minimum absolute atomic E-state index is 1.21. The van der Waals surface area contributed by atoms with E-state index in [-0.39, 0.29) is 0 Å². The van der Waals surface area contributed by atoms with Crippen molar-refractivity contribution in [1.29, 1.82) is 0 Å².